The number of benzene rings is 1. The van der Waals surface area contributed by atoms with Gasteiger partial charge in [-0.1, -0.05) is 102 Å². The SMILES string of the molecule is CCCCCCCCCCCCCCCc1ccccc1[O]. The molecule has 1 radical (unpaired) electrons. The smallest absolute Gasteiger partial charge is 0.181 e. The van der Waals surface area contributed by atoms with Crippen LogP contribution in [0.3, 0.4) is 0 Å². The minimum absolute atomic E-state index is 0.210. The van der Waals surface area contributed by atoms with E-state index in [4.69, 9.17) is 0 Å². The van der Waals surface area contributed by atoms with E-state index in [2.05, 4.69) is 6.92 Å². The molecule has 1 rings (SSSR count). The normalized spacial score (nSPS) is 11.0. The minimum atomic E-state index is 0.210. The summed E-state index contributed by atoms with van der Waals surface area (Å²) in [5.74, 6) is 0.210. The van der Waals surface area contributed by atoms with Gasteiger partial charge in [0.15, 0.2) is 5.75 Å². The summed E-state index contributed by atoms with van der Waals surface area (Å²) in [7, 11) is 0. The quantitative estimate of drug-likeness (QED) is 0.318. The first kappa shape index (κ1) is 19.1. The second kappa shape index (κ2) is 13.7. The lowest BCUT2D eigenvalue weighted by molar-refractivity contribution is 0.349. The first-order valence-corrected chi connectivity index (χ1v) is 9.59. The fourth-order valence-electron chi connectivity index (χ4n) is 3.04. The number of aryl methyl sites for hydroxylation is 1. The standard InChI is InChI=1S/C21H35O/c1-2-3-4-5-6-7-8-9-10-11-12-13-14-17-20-18-15-16-19-21(20)22/h15-16,18-19H,2-14,17H2,1H3. The molecule has 1 aromatic rings. The number of hydrogen-bond acceptors (Lipinski definition) is 0. The zero-order valence-corrected chi connectivity index (χ0v) is 14.6. The molecule has 0 amide bonds. The van der Waals surface area contributed by atoms with Crippen LogP contribution in [0.1, 0.15) is 96.0 Å². The Bertz CT molecular complexity index is 359. The van der Waals surface area contributed by atoms with Crippen molar-refractivity contribution in [1.29, 1.82) is 0 Å². The monoisotopic (exact) mass is 303 g/mol. The highest BCUT2D eigenvalue weighted by molar-refractivity contribution is 5.31. The van der Waals surface area contributed by atoms with Gasteiger partial charge in [-0.2, -0.15) is 0 Å². The predicted octanol–water partition coefficient (Wildman–Crippen LogP) is 7.46. The van der Waals surface area contributed by atoms with E-state index >= 15 is 0 Å². The van der Waals surface area contributed by atoms with Crippen molar-refractivity contribution in [2.24, 2.45) is 0 Å². The van der Waals surface area contributed by atoms with Crippen LogP contribution in [0.25, 0.3) is 0 Å². The van der Waals surface area contributed by atoms with Crippen molar-refractivity contribution in [2.45, 2.75) is 96.8 Å². The van der Waals surface area contributed by atoms with Crippen LogP contribution >= 0.6 is 0 Å². The molecule has 0 bridgehead atoms. The van der Waals surface area contributed by atoms with Crippen LogP contribution in [0.15, 0.2) is 24.3 Å². The van der Waals surface area contributed by atoms with Crippen LogP contribution in [-0.4, -0.2) is 0 Å². The summed E-state index contributed by atoms with van der Waals surface area (Å²) >= 11 is 0. The first-order valence-electron chi connectivity index (χ1n) is 9.59. The molecule has 0 heterocycles. The van der Waals surface area contributed by atoms with Crippen LogP contribution in [0.5, 0.6) is 5.75 Å². The fourth-order valence-corrected chi connectivity index (χ4v) is 3.04. The molecular formula is C21H35O. The van der Waals surface area contributed by atoms with Crippen molar-refractivity contribution in [3.63, 3.8) is 0 Å². The van der Waals surface area contributed by atoms with Crippen molar-refractivity contribution in [2.75, 3.05) is 0 Å². The van der Waals surface area contributed by atoms with Crippen molar-refractivity contribution >= 4 is 0 Å². The van der Waals surface area contributed by atoms with Gasteiger partial charge >= 0.3 is 0 Å². The second-order valence-electron chi connectivity index (χ2n) is 6.60. The van der Waals surface area contributed by atoms with Crippen molar-refractivity contribution in [3.05, 3.63) is 29.8 Å². The molecule has 0 aliphatic heterocycles. The zero-order chi connectivity index (χ0) is 15.9. The number of unbranched alkanes of at least 4 members (excludes halogenated alkanes) is 12. The zero-order valence-electron chi connectivity index (χ0n) is 14.6. The van der Waals surface area contributed by atoms with Crippen LogP contribution < -0.4 is 0 Å². The van der Waals surface area contributed by atoms with Crippen molar-refractivity contribution in [1.82, 2.24) is 0 Å². The van der Waals surface area contributed by atoms with Gasteiger partial charge < -0.3 is 0 Å². The Labute approximate surface area is 138 Å². The molecule has 1 nitrogen and oxygen atoms in total. The highest BCUT2D eigenvalue weighted by Crippen LogP contribution is 2.19. The van der Waals surface area contributed by atoms with E-state index in [-0.39, 0.29) is 5.75 Å². The van der Waals surface area contributed by atoms with Crippen LogP contribution in [0.2, 0.25) is 0 Å². The maximum Gasteiger partial charge on any atom is 0.181 e. The molecule has 1 heteroatoms. The molecule has 0 fully saturated rings. The Morgan fingerprint density at radius 1 is 0.636 bits per heavy atom. The highest BCUT2D eigenvalue weighted by Gasteiger charge is 2.00. The summed E-state index contributed by atoms with van der Waals surface area (Å²) in [6.07, 6.45) is 18.8. The van der Waals surface area contributed by atoms with Gasteiger partial charge in [-0.3, -0.25) is 5.11 Å². The van der Waals surface area contributed by atoms with Gasteiger partial charge in [0.25, 0.3) is 0 Å². The van der Waals surface area contributed by atoms with E-state index in [0.717, 1.165) is 18.4 Å². The summed E-state index contributed by atoms with van der Waals surface area (Å²) < 4.78 is 0. The first-order chi connectivity index (χ1) is 10.8. The molecular weight excluding hydrogens is 268 g/mol. The molecule has 0 saturated heterocycles. The minimum Gasteiger partial charge on any atom is -0.290 e. The molecule has 22 heavy (non-hydrogen) atoms. The third-order valence-electron chi connectivity index (χ3n) is 4.52. The van der Waals surface area contributed by atoms with Gasteiger partial charge in [-0.25, -0.2) is 0 Å². The Balaban J connectivity index is 1.81. The molecule has 0 aliphatic carbocycles. The van der Waals surface area contributed by atoms with Crippen LogP contribution in [0.4, 0.5) is 0 Å². The Hall–Kier alpha value is -0.980. The molecule has 0 N–H and O–H groups in total. The summed E-state index contributed by atoms with van der Waals surface area (Å²) in [5, 5.41) is 11.6. The molecule has 0 atom stereocenters. The number of para-hydroxylation sites is 1. The molecule has 125 valence electrons. The molecule has 0 saturated carbocycles. The third-order valence-corrected chi connectivity index (χ3v) is 4.52. The predicted molar refractivity (Wildman–Crippen MR) is 96.0 cm³/mol. The average molecular weight is 304 g/mol. The highest BCUT2D eigenvalue weighted by atomic mass is 16.3. The summed E-state index contributed by atoms with van der Waals surface area (Å²) in [6.45, 7) is 2.28. The van der Waals surface area contributed by atoms with E-state index in [1.54, 1.807) is 6.07 Å². The summed E-state index contributed by atoms with van der Waals surface area (Å²) in [4.78, 5) is 0. The second-order valence-corrected chi connectivity index (χ2v) is 6.60. The molecule has 0 spiro atoms. The number of hydrogen-bond donors (Lipinski definition) is 0. The molecule has 0 aromatic heterocycles. The van der Waals surface area contributed by atoms with Gasteiger partial charge in [0.2, 0.25) is 0 Å². The van der Waals surface area contributed by atoms with E-state index in [1.807, 2.05) is 18.2 Å². The molecule has 0 aliphatic rings. The Kier molecular flexibility index (Phi) is 11.8. The van der Waals surface area contributed by atoms with E-state index < -0.39 is 0 Å². The Morgan fingerprint density at radius 3 is 1.59 bits per heavy atom. The summed E-state index contributed by atoms with van der Waals surface area (Å²) in [5.41, 5.74) is 0.991. The maximum absolute atomic E-state index is 11.6. The van der Waals surface area contributed by atoms with Gasteiger partial charge in [0, 0.05) is 0 Å². The van der Waals surface area contributed by atoms with Crippen LogP contribution in [0, 0.1) is 0 Å². The van der Waals surface area contributed by atoms with Crippen molar-refractivity contribution in [3.8, 4) is 5.75 Å². The lowest BCUT2D eigenvalue weighted by Crippen LogP contribution is -1.87. The van der Waals surface area contributed by atoms with Crippen LogP contribution in [-0.2, 0) is 11.5 Å². The fraction of sp³-hybridized carbons (Fsp3) is 0.714. The lowest BCUT2D eigenvalue weighted by atomic mass is 10.0. The largest absolute Gasteiger partial charge is 0.290 e. The maximum atomic E-state index is 11.6. The van der Waals surface area contributed by atoms with E-state index in [1.165, 1.54) is 77.0 Å². The number of rotatable bonds is 14. The van der Waals surface area contributed by atoms with E-state index in [0.29, 0.717) is 0 Å². The van der Waals surface area contributed by atoms with Gasteiger partial charge in [-0.05, 0) is 24.5 Å². The molecule has 1 aromatic carbocycles. The van der Waals surface area contributed by atoms with Gasteiger partial charge in [-0.15, -0.1) is 0 Å². The Morgan fingerprint density at radius 2 is 1.09 bits per heavy atom. The van der Waals surface area contributed by atoms with Gasteiger partial charge in [0.05, 0.1) is 0 Å². The average Bonchev–Trinajstić information content (AvgIpc) is 2.53. The van der Waals surface area contributed by atoms with Crippen molar-refractivity contribution < 1.29 is 5.11 Å². The lowest BCUT2D eigenvalue weighted by Gasteiger charge is -2.04. The summed E-state index contributed by atoms with van der Waals surface area (Å²) in [6, 6.07) is 7.45. The van der Waals surface area contributed by atoms with Gasteiger partial charge in [0.1, 0.15) is 0 Å². The third kappa shape index (κ3) is 9.87. The van der Waals surface area contributed by atoms with E-state index in [9.17, 15) is 5.11 Å². The topological polar surface area (TPSA) is 19.9 Å². The molecule has 0 unspecified atom stereocenters.